The summed E-state index contributed by atoms with van der Waals surface area (Å²) in [5, 5.41) is 12.8. The predicted octanol–water partition coefficient (Wildman–Crippen LogP) is 3.22. The highest BCUT2D eigenvalue weighted by Crippen LogP contribution is 2.31. The molecule has 5 heteroatoms. The summed E-state index contributed by atoms with van der Waals surface area (Å²) >= 11 is 1.79. The molecular formula is C13H16FNO2S. The van der Waals surface area contributed by atoms with Crippen LogP contribution in [0.2, 0.25) is 0 Å². The molecule has 18 heavy (non-hydrogen) atoms. The fraction of sp³-hybridized carbons (Fsp3) is 0.462. The van der Waals surface area contributed by atoms with Crippen LogP contribution >= 0.6 is 11.8 Å². The molecule has 0 aromatic heterocycles. The molecule has 2 N–H and O–H groups in total. The van der Waals surface area contributed by atoms with Crippen molar-refractivity contribution < 1.29 is 14.3 Å². The number of halogens is 1. The first-order valence-corrected chi connectivity index (χ1v) is 7.23. The zero-order valence-corrected chi connectivity index (χ0v) is 11.0. The lowest BCUT2D eigenvalue weighted by Gasteiger charge is -2.21. The highest BCUT2D eigenvalue weighted by Gasteiger charge is 2.27. The molecule has 3 nitrogen and oxygen atoms in total. The summed E-state index contributed by atoms with van der Waals surface area (Å²) in [5.74, 6) is -1.62. The normalized spacial score (nSPS) is 23.0. The fourth-order valence-corrected chi connectivity index (χ4v) is 3.33. The topological polar surface area (TPSA) is 49.3 Å². The number of benzene rings is 1. The highest BCUT2D eigenvalue weighted by atomic mass is 32.2. The smallest absolute Gasteiger partial charge is 0.337 e. The molecule has 0 bridgehead atoms. The van der Waals surface area contributed by atoms with Crippen LogP contribution in [0.1, 0.15) is 29.6 Å². The lowest BCUT2D eigenvalue weighted by atomic mass is 10.1. The molecule has 1 aromatic carbocycles. The van der Waals surface area contributed by atoms with E-state index in [4.69, 9.17) is 5.11 Å². The van der Waals surface area contributed by atoms with E-state index in [9.17, 15) is 9.18 Å². The summed E-state index contributed by atoms with van der Waals surface area (Å²) in [6.07, 6.45) is 5.38. The molecule has 0 aliphatic heterocycles. The van der Waals surface area contributed by atoms with Gasteiger partial charge >= 0.3 is 5.97 Å². The van der Waals surface area contributed by atoms with Gasteiger partial charge in [-0.25, -0.2) is 9.18 Å². The Labute approximate surface area is 110 Å². The van der Waals surface area contributed by atoms with Crippen molar-refractivity contribution >= 4 is 23.4 Å². The molecular weight excluding hydrogens is 253 g/mol. The summed E-state index contributed by atoms with van der Waals surface area (Å²) in [4.78, 5) is 11.1. The highest BCUT2D eigenvalue weighted by molar-refractivity contribution is 7.99. The monoisotopic (exact) mass is 269 g/mol. The summed E-state index contributed by atoms with van der Waals surface area (Å²) in [5.41, 5.74) is 0.511. The summed E-state index contributed by atoms with van der Waals surface area (Å²) in [6.45, 7) is 0. The van der Waals surface area contributed by atoms with Crippen LogP contribution in [0.25, 0.3) is 0 Å². The van der Waals surface area contributed by atoms with Gasteiger partial charge in [0, 0.05) is 17.0 Å². The van der Waals surface area contributed by atoms with Crippen LogP contribution in [0.4, 0.5) is 10.1 Å². The second-order valence-corrected chi connectivity index (χ2v) is 5.53. The molecule has 0 amide bonds. The molecule has 0 spiro atoms. The Morgan fingerprint density at radius 2 is 2.28 bits per heavy atom. The molecule has 2 atom stereocenters. The maximum Gasteiger partial charge on any atom is 0.337 e. The van der Waals surface area contributed by atoms with Crippen molar-refractivity contribution in [3.63, 3.8) is 0 Å². The number of thioether (sulfide) groups is 1. The van der Waals surface area contributed by atoms with Crippen molar-refractivity contribution in [3.05, 3.63) is 29.6 Å². The molecule has 0 saturated heterocycles. The van der Waals surface area contributed by atoms with Gasteiger partial charge in [-0.3, -0.25) is 0 Å². The molecule has 0 radical (unpaired) electrons. The van der Waals surface area contributed by atoms with Crippen molar-refractivity contribution in [2.75, 3.05) is 11.6 Å². The van der Waals surface area contributed by atoms with Crippen LogP contribution in [0.15, 0.2) is 18.2 Å². The average Bonchev–Trinajstić information content (AvgIpc) is 2.78. The summed E-state index contributed by atoms with van der Waals surface area (Å²) in [7, 11) is 0. The first kappa shape index (κ1) is 13.2. The molecule has 2 rings (SSSR count). The van der Waals surface area contributed by atoms with Crippen LogP contribution in [0.5, 0.6) is 0 Å². The van der Waals surface area contributed by atoms with Gasteiger partial charge in [-0.2, -0.15) is 11.8 Å². The fourth-order valence-electron chi connectivity index (χ4n) is 2.39. The zero-order valence-electron chi connectivity index (χ0n) is 10.1. The maximum absolute atomic E-state index is 13.1. The Morgan fingerprint density at radius 3 is 2.94 bits per heavy atom. The molecule has 1 aliphatic carbocycles. The van der Waals surface area contributed by atoms with Gasteiger partial charge in [0.2, 0.25) is 0 Å². The van der Waals surface area contributed by atoms with Gasteiger partial charge in [-0.1, -0.05) is 6.42 Å². The van der Waals surface area contributed by atoms with Crippen LogP contribution < -0.4 is 5.32 Å². The van der Waals surface area contributed by atoms with Crippen LogP contribution in [0.3, 0.4) is 0 Å². The third-order valence-corrected chi connectivity index (χ3v) is 4.48. The number of nitrogens with one attached hydrogen (secondary N) is 1. The van der Waals surface area contributed by atoms with E-state index in [1.54, 1.807) is 11.8 Å². The second-order valence-electron chi connectivity index (χ2n) is 4.45. The first-order chi connectivity index (χ1) is 8.61. The Morgan fingerprint density at radius 1 is 1.50 bits per heavy atom. The lowest BCUT2D eigenvalue weighted by molar-refractivity contribution is 0.0697. The van der Waals surface area contributed by atoms with Crippen molar-refractivity contribution in [1.82, 2.24) is 0 Å². The number of aromatic carboxylic acids is 1. The number of anilines is 1. The minimum Gasteiger partial charge on any atom is -0.478 e. The van der Waals surface area contributed by atoms with E-state index in [-0.39, 0.29) is 11.6 Å². The van der Waals surface area contributed by atoms with Gasteiger partial charge in [-0.05, 0) is 37.3 Å². The van der Waals surface area contributed by atoms with Crippen LogP contribution in [0, 0.1) is 5.82 Å². The Hall–Kier alpha value is -1.23. The Balaban J connectivity index is 2.20. The quantitative estimate of drug-likeness (QED) is 0.881. The van der Waals surface area contributed by atoms with E-state index >= 15 is 0 Å². The van der Waals surface area contributed by atoms with E-state index in [1.165, 1.54) is 12.1 Å². The number of hydrogen-bond acceptors (Lipinski definition) is 3. The molecule has 1 aromatic rings. The zero-order chi connectivity index (χ0) is 13.1. The number of carbonyl (C=O) groups is 1. The van der Waals surface area contributed by atoms with Gasteiger partial charge < -0.3 is 10.4 Å². The van der Waals surface area contributed by atoms with E-state index in [0.717, 1.165) is 25.3 Å². The summed E-state index contributed by atoms with van der Waals surface area (Å²) in [6, 6.07) is 4.13. The molecule has 1 saturated carbocycles. The van der Waals surface area contributed by atoms with Gasteiger partial charge in [-0.15, -0.1) is 0 Å². The van der Waals surface area contributed by atoms with Gasteiger partial charge in [0.15, 0.2) is 0 Å². The second kappa shape index (κ2) is 5.61. The number of rotatable bonds is 4. The van der Waals surface area contributed by atoms with Crippen molar-refractivity contribution in [1.29, 1.82) is 0 Å². The van der Waals surface area contributed by atoms with E-state index in [0.29, 0.717) is 10.9 Å². The van der Waals surface area contributed by atoms with E-state index < -0.39 is 11.8 Å². The van der Waals surface area contributed by atoms with E-state index in [2.05, 4.69) is 11.6 Å². The Bertz CT molecular complexity index is 453. The van der Waals surface area contributed by atoms with Crippen molar-refractivity contribution in [2.24, 2.45) is 0 Å². The third kappa shape index (κ3) is 2.77. The molecule has 98 valence electrons. The van der Waals surface area contributed by atoms with Gasteiger partial charge in [0.1, 0.15) is 5.82 Å². The minimum absolute atomic E-state index is 0.00162. The van der Waals surface area contributed by atoms with Crippen LogP contribution in [-0.4, -0.2) is 28.6 Å². The minimum atomic E-state index is -1.10. The average molecular weight is 269 g/mol. The largest absolute Gasteiger partial charge is 0.478 e. The van der Waals surface area contributed by atoms with Crippen molar-refractivity contribution in [2.45, 2.75) is 30.6 Å². The standard InChI is InChI=1S/C13H16FNO2S/c1-18-12-4-2-3-11(12)15-10-6-5-8(14)7-9(10)13(16)17/h5-7,11-12,15H,2-4H2,1H3,(H,16,17). The van der Waals surface area contributed by atoms with E-state index in [1.807, 2.05) is 0 Å². The Kier molecular flexibility index (Phi) is 4.11. The molecule has 1 fully saturated rings. The number of hydrogen-bond donors (Lipinski definition) is 2. The number of carboxylic acid groups (broad SMARTS) is 1. The molecule has 1 aliphatic rings. The predicted molar refractivity (Wildman–Crippen MR) is 71.9 cm³/mol. The van der Waals surface area contributed by atoms with Crippen molar-refractivity contribution in [3.8, 4) is 0 Å². The third-order valence-electron chi connectivity index (χ3n) is 3.31. The number of carboxylic acids is 1. The van der Waals surface area contributed by atoms with Gasteiger partial charge in [0.25, 0.3) is 0 Å². The summed E-state index contributed by atoms with van der Waals surface area (Å²) < 4.78 is 13.1. The molecule has 2 unspecified atom stereocenters. The molecule has 0 heterocycles. The SMILES string of the molecule is CSC1CCCC1Nc1ccc(F)cc1C(=O)O. The lowest BCUT2D eigenvalue weighted by Crippen LogP contribution is -2.26. The van der Waals surface area contributed by atoms with Gasteiger partial charge in [0.05, 0.1) is 5.56 Å². The van der Waals surface area contributed by atoms with Crippen LogP contribution in [-0.2, 0) is 0 Å². The first-order valence-electron chi connectivity index (χ1n) is 5.94. The maximum atomic E-state index is 13.1.